The van der Waals surface area contributed by atoms with Gasteiger partial charge in [-0.2, -0.15) is 0 Å². The summed E-state index contributed by atoms with van der Waals surface area (Å²) in [5, 5.41) is 0. The summed E-state index contributed by atoms with van der Waals surface area (Å²) >= 11 is 0. The highest BCUT2D eigenvalue weighted by atomic mass is 16.6. The minimum absolute atomic E-state index is 0.104. The molecule has 6 heteroatoms. The number of ether oxygens (including phenoxy) is 3. The van der Waals surface area contributed by atoms with E-state index in [1.165, 1.54) is 77.0 Å². The van der Waals surface area contributed by atoms with Gasteiger partial charge in [-0.1, -0.05) is 251 Å². The van der Waals surface area contributed by atoms with Gasteiger partial charge in [0.2, 0.25) is 0 Å². The number of rotatable bonds is 52. The lowest BCUT2D eigenvalue weighted by Gasteiger charge is -2.18. The van der Waals surface area contributed by atoms with Gasteiger partial charge in [0.05, 0.1) is 0 Å². The van der Waals surface area contributed by atoms with E-state index >= 15 is 0 Å². The average Bonchev–Trinajstić information content (AvgIpc) is 3.39. The van der Waals surface area contributed by atoms with Crippen LogP contribution in [0.15, 0.2) is 134 Å². The number of esters is 3. The molecule has 0 aromatic heterocycles. The molecule has 0 aliphatic heterocycles. The quantitative estimate of drug-likeness (QED) is 0.0261. The van der Waals surface area contributed by atoms with Crippen molar-refractivity contribution < 1.29 is 28.6 Å². The second kappa shape index (κ2) is 60.1. The summed E-state index contributed by atoms with van der Waals surface area (Å²) in [4.78, 5) is 38.1. The van der Waals surface area contributed by atoms with Gasteiger partial charge in [0.1, 0.15) is 13.2 Å². The molecule has 0 spiro atoms. The number of hydrogen-bond acceptors (Lipinski definition) is 6. The molecule has 0 radical (unpaired) electrons. The lowest BCUT2D eigenvalue weighted by atomic mass is 10.1. The molecule has 1 unspecified atom stereocenters. The van der Waals surface area contributed by atoms with Gasteiger partial charge in [0, 0.05) is 19.3 Å². The minimum atomic E-state index is -0.811. The Labute approximate surface area is 449 Å². The van der Waals surface area contributed by atoms with Gasteiger partial charge >= 0.3 is 17.9 Å². The highest BCUT2D eigenvalue weighted by Crippen LogP contribution is 2.14. The molecule has 6 nitrogen and oxygen atoms in total. The molecule has 0 aliphatic carbocycles. The number of hydrogen-bond donors (Lipinski definition) is 0. The van der Waals surface area contributed by atoms with Gasteiger partial charge < -0.3 is 14.2 Å². The first kappa shape index (κ1) is 68.6. The zero-order chi connectivity index (χ0) is 52.9. The Morgan fingerprint density at radius 3 is 0.918 bits per heavy atom. The minimum Gasteiger partial charge on any atom is -0.462 e. The van der Waals surface area contributed by atoms with Crippen molar-refractivity contribution in [2.45, 2.75) is 258 Å². The molecular formula is C67H108O6. The van der Waals surface area contributed by atoms with Crippen molar-refractivity contribution in [2.24, 2.45) is 0 Å². The van der Waals surface area contributed by atoms with E-state index in [4.69, 9.17) is 14.2 Å². The topological polar surface area (TPSA) is 78.9 Å². The third kappa shape index (κ3) is 58.3. The normalized spacial score (nSPS) is 13.1. The Kier molecular flexibility index (Phi) is 56.4. The van der Waals surface area contributed by atoms with E-state index in [1.807, 2.05) is 0 Å². The Balaban J connectivity index is 4.42. The van der Waals surface area contributed by atoms with E-state index in [-0.39, 0.29) is 37.5 Å². The molecule has 0 aliphatic rings. The van der Waals surface area contributed by atoms with Crippen molar-refractivity contribution in [3.8, 4) is 0 Å². The van der Waals surface area contributed by atoms with Crippen LogP contribution in [0.3, 0.4) is 0 Å². The van der Waals surface area contributed by atoms with Crippen molar-refractivity contribution >= 4 is 17.9 Å². The third-order valence-electron chi connectivity index (χ3n) is 12.1. The Morgan fingerprint density at radius 1 is 0.288 bits per heavy atom. The van der Waals surface area contributed by atoms with E-state index in [0.29, 0.717) is 19.3 Å². The van der Waals surface area contributed by atoms with Crippen LogP contribution in [-0.4, -0.2) is 37.2 Å². The molecule has 0 rings (SSSR count). The molecule has 0 saturated heterocycles. The largest absolute Gasteiger partial charge is 0.462 e. The zero-order valence-electron chi connectivity index (χ0n) is 47.1. The van der Waals surface area contributed by atoms with Crippen LogP contribution in [-0.2, 0) is 28.6 Å². The van der Waals surface area contributed by atoms with Crippen LogP contribution in [0.2, 0.25) is 0 Å². The molecule has 412 valence electrons. The van der Waals surface area contributed by atoms with Crippen LogP contribution in [0.4, 0.5) is 0 Å². The summed E-state index contributed by atoms with van der Waals surface area (Å²) in [7, 11) is 0. The number of unbranched alkanes of at least 4 members (excludes halogenated alkanes) is 19. The second-order valence-corrected chi connectivity index (χ2v) is 19.2. The lowest BCUT2D eigenvalue weighted by molar-refractivity contribution is -0.167. The maximum absolute atomic E-state index is 12.8. The van der Waals surface area contributed by atoms with Crippen LogP contribution in [0.5, 0.6) is 0 Å². The standard InChI is InChI=1S/C67H108O6/c1-4-7-10-13-16-19-22-24-26-27-28-29-30-31-32-33-34-35-36-37-38-39-41-42-45-48-51-54-57-60-66(69)72-63-64(62-71-65(68)59-56-53-50-47-44-21-18-15-12-9-6-3)73-67(70)61-58-55-52-49-46-43-40-25-23-20-17-14-11-8-5-2/h7,10,16-17,19-20,24-26,28-29,31-32,34-35,37-38,40-42,48,51,64H,4-6,8-9,11-15,18,21-23,27,30,33,36,39,43-47,49-50,52-63H2,1-3H3/b10-7-,19-16-,20-17-,26-24-,29-28-,32-31-,35-34-,38-37-,40-25-,42-41-,51-48-. The van der Waals surface area contributed by atoms with Crippen LogP contribution in [0.25, 0.3) is 0 Å². The highest BCUT2D eigenvalue weighted by Gasteiger charge is 2.19. The van der Waals surface area contributed by atoms with Crippen molar-refractivity contribution in [1.82, 2.24) is 0 Å². The maximum atomic E-state index is 12.8. The average molecular weight is 1010 g/mol. The monoisotopic (exact) mass is 1010 g/mol. The number of carbonyl (C=O) groups is 3. The molecule has 0 aromatic rings. The Hall–Kier alpha value is -4.45. The number of allylic oxidation sites excluding steroid dienone is 22. The van der Waals surface area contributed by atoms with Crippen LogP contribution in [0, 0.1) is 0 Å². The molecule has 0 fully saturated rings. The van der Waals surface area contributed by atoms with Gasteiger partial charge in [-0.15, -0.1) is 0 Å². The fourth-order valence-electron chi connectivity index (χ4n) is 7.71. The smallest absolute Gasteiger partial charge is 0.306 e. The first-order valence-electron chi connectivity index (χ1n) is 29.7. The van der Waals surface area contributed by atoms with E-state index in [1.54, 1.807) is 0 Å². The van der Waals surface area contributed by atoms with Gasteiger partial charge in [-0.25, -0.2) is 0 Å². The molecule has 0 bridgehead atoms. The van der Waals surface area contributed by atoms with Crippen molar-refractivity contribution in [1.29, 1.82) is 0 Å². The van der Waals surface area contributed by atoms with Crippen molar-refractivity contribution in [3.63, 3.8) is 0 Å². The Bertz CT molecular complexity index is 1580. The van der Waals surface area contributed by atoms with Crippen LogP contribution >= 0.6 is 0 Å². The molecule has 0 saturated carbocycles. The molecule has 73 heavy (non-hydrogen) atoms. The molecule has 0 N–H and O–H groups in total. The van der Waals surface area contributed by atoms with Gasteiger partial charge in [-0.3, -0.25) is 14.4 Å². The van der Waals surface area contributed by atoms with Gasteiger partial charge in [-0.05, 0) is 116 Å². The molecular weight excluding hydrogens is 901 g/mol. The van der Waals surface area contributed by atoms with Crippen molar-refractivity contribution in [2.75, 3.05) is 13.2 Å². The van der Waals surface area contributed by atoms with Crippen LogP contribution in [0.1, 0.15) is 252 Å². The van der Waals surface area contributed by atoms with Crippen molar-refractivity contribution in [3.05, 3.63) is 134 Å². The van der Waals surface area contributed by atoms with Gasteiger partial charge in [0.15, 0.2) is 6.10 Å². The summed E-state index contributed by atoms with van der Waals surface area (Å²) in [6.07, 6.45) is 84.5. The lowest BCUT2D eigenvalue weighted by Crippen LogP contribution is -2.30. The summed E-state index contributed by atoms with van der Waals surface area (Å²) in [5.74, 6) is -0.984. The first-order valence-corrected chi connectivity index (χ1v) is 29.7. The highest BCUT2D eigenvalue weighted by molar-refractivity contribution is 5.71. The molecule has 0 amide bonds. The van der Waals surface area contributed by atoms with Gasteiger partial charge in [0.25, 0.3) is 0 Å². The third-order valence-corrected chi connectivity index (χ3v) is 12.1. The second-order valence-electron chi connectivity index (χ2n) is 19.2. The molecule has 0 aromatic carbocycles. The summed E-state index contributed by atoms with van der Waals surface area (Å²) in [6, 6.07) is 0. The predicted octanol–water partition coefficient (Wildman–Crippen LogP) is 20.2. The zero-order valence-corrected chi connectivity index (χ0v) is 47.1. The summed E-state index contributed by atoms with van der Waals surface area (Å²) in [6.45, 7) is 6.42. The predicted molar refractivity (Wildman–Crippen MR) is 316 cm³/mol. The molecule has 0 heterocycles. The fraction of sp³-hybridized carbons (Fsp3) is 0.627. The van der Waals surface area contributed by atoms with E-state index in [0.717, 1.165) is 128 Å². The SMILES string of the molecule is CC/C=C\C/C=C\C/C=C\C/C=C\C/C=C\C/C=C\C/C=C\C/C=C\C/C=C\CCCC(=O)OCC(COC(=O)CCCCCCCCCCCCC)OC(=O)CCCCCCC/C=C\C/C=C\CCCCC. The Morgan fingerprint density at radius 2 is 0.548 bits per heavy atom. The fourth-order valence-corrected chi connectivity index (χ4v) is 7.71. The maximum Gasteiger partial charge on any atom is 0.306 e. The number of carbonyl (C=O) groups excluding carboxylic acids is 3. The van der Waals surface area contributed by atoms with E-state index in [9.17, 15) is 14.4 Å². The first-order chi connectivity index (χ1) is 36.0. The van der Waals surface area contributed by atoms with E-state index < -0.39 is 6.10 Å². The summed E-state index contributed by atoms with van der Waals surface area (Å²) < 4.78 is 16.8. The van der Waals surface area contributed by atoms with E-state index in [2.05, 4.69) is 154 Å². The van der Waals surface area contributed by atoms with Crippen LogP contribution < -0.4 is 0 Å². The summed E-state index contributed by atoms with van der Waals surface area (Å²) in [5.41, 5.74) is 0. The molecule has 1 atom stereocenters.